The molecule has 23 heavy (non-hydrogen) atoms. The first-order chi connectivity index (χ1) is 11.2. The Bertz CT molecular complexity index is 570. The number of ether oxygens (including phenoxy) is 2. The van der Waals surface area contributed by atoms with E-state index in [2.05, 4.69) is 16.3 Å². The van der Waals surface area contributed by atoms with Crippen LogP contribution in [0.2, 0.25) is 0 Å². The van der Waals surface area contributed by atoms with Crippen LogP contribution in [0.4, 0.5) is 0 Å². The first-order valence-electron chi connectivity index (χ1n) is 8.42. The average Bonchev–Trinajstić information content (AvgIpc) is 2.52. The van der Waals surface area contributed by atoms with Gasteiger partial charge in [-0.15, -0.1) is 0 Å². The Labute approximate surface area is 137 Å². The molecule has 5 nitrogen and oxygen atoms in total. The molecule has 0 spiro atoms. The SMILES string of the molecule is COc1cc2c(cc1OC)CN(CC(=O)NCC1CCC1)CC2. The predicted octanol–water partition coefficient (Wildman–Crippen LogP) is 1.98. The zero-order chi connectivity index (χ0) is 16.2. The highest BCUT2D eigenvalue weighted by molar-refractivity contribution is 5.78. The molecule has 1 aromatic rings. The molecule has 1 fully saturated rings. The molecule has 0 aromatic heterocycles. The van der Waals surface area contributed by atoms with Crippen LogP contribution in [0.25, 0.3) is 0 Å². The van der Waals surface area contributed by atoms with Gasteiger partial charge >= 0.3 is 0 Å². The van der Waals surface area contributed by atoms with Gasteiger partial charge in [0.1, 0.15) is 0 Å². The Morgan fingerprint density at radius 3 is 2.52 bits per heavy atom. The summed E-state index contributed by atoms with van der Waals surface area (Å²) in [6.45, 7) is 3.00. The third-order valence-electron chi connectivity index (χ3n) is 4.98. The van der Waals surface area contributed by atoms with Crippen molar-refractivity contribution in [2.45, 2.75) is 32.2 Å². The third kappa shape index (κ3) is 3.78. The minimum Gasteiger partial charge on any atom is -0.493 e. The van der Waals surface area contributed by atoms with Gasteiger partial charge in [-0.05, 0) is 48.4 Å². The van der Waals surface area contributed by atoms with Crippen LogP contribution >= 0.6 is 0 Å². The zero-order valence-corrected chi connectivity index (χ0v) is 14.1. The number of carbonyl (C=O) groups excluding carboxylic acids is 1. The van der Waals surface area contributed by atoms with Gasteiger partial charge in [0.05, 0.1) is 20.8 Å². The van der Waals surface area contributed by atoms with Crippen LogP contribution in [0.3, 0.4) is 0 Å². The minimum atomic E-state index is 0.140. The van der Waals surface area contributed by atoms with Crippen LogP contribution in [0, 0.1) is 5.92 Å². The lowest BCUT2D eigenvalue weighted by Gasteiger charge is -2.30. The van der Waals surface area contributed by atoms with Crippen molar-refractivity contribution < 1.29 is 14.3 Å². The lowest BCUT2D eigenvalue weighted by atomic mass is 9.85. The van der Waals surface area contributed by atoms with Crippen LogP contribution in [0.1, 0.15) is 30.4 Å². The molecule has 126 valence electrons. The van der Waals surface area contributed by atoms with Gasteiger partial charge in [0.25, 0.3) is 0 Å². The summed E-state index contributed by atoms with van der Waals surface area (Å²) in [6.07, 6.45) is 4.78. The van der Waals surface area contributed by atoms with Crippen molar-refractivity contribution in [2.24, 2.45) is 5.92 Å². The van der Waals surface area contributed by atoms with E-state index in [4.69, 9.17) is 9.47 Å². The number of nitrogens with one attached hydrogen (secondary N) is 1. The fourth-order valence-electron chi connectivity index (χ4n) is 3.29. The maximum Gasteiger partial charge on any atom is 0.234 e. The van der Waals surface area contributed by atoms with Gasteiger partial charge in [-0.1, -0.05) is 6.42 Å². The van der Waals surface area contributed by atoms with E-state index in [1.54, 1.807) is 14.2 Å². The highest BCUT2D eigenvalue weighted by atomic mass is 16.5. The lowest BCUT2D eigenvalue weighted by Crippen LogP contribution is -2.41. The molecule has 0 unspecified atom stereocenters. The summed E-state index contributed by atoms with van der Waals surface area (Å²) in [6, 6.07) is 4.09. The van der Waals surface area contributed by atoms with Gasteiger partial charge in [0.2, 0.25) is 5.91 Å². The second kappa shape index (κ2) is 7.21. The largest absolute Gasteiger partial charge is 0.493 e. The number of methoxy groups -OCH3 is 2. The normalized spacial score (nSPS) is 18.0. The fourth-order valence-corrected chi connectivity index (χ4v) is 3.29. The molecular weight excluding hydrogens is 292 g/mol. The van der Waals surface area contributed by atoms with Crippen molar-refractivity contribution in [3.05, 3.63) is 23.3 Å². The van der Waals surface area contributed by atoms with Crippen molar-refractivity contribution in [1.29, 1.82) is 0 Å². The molecule has 0 radical (unpaired) electrons. The van der Waals surface area contributed by atoms with E-state index in [-0.39, 0.29) is 5.91 Å². The highest BCUT2D eigenvalue weighted by Gasteiger charge is 2.22. The Balaban J connectivity index is 1.57. The Kier molecular flexibility index (Phi) is 5.06. The van der Waals surface area contributed by atoms with Crippen molar-refractivity contribution >= 4 is 5.91 Å². The minimum absolute atomic E-state index is 0.140. The molecule has 3 rings (SSSR count). The van der Waals surface area contributed by atoms with Crippen molar-refractivity contribution in [2.75, 3.05) is 33.9 Å². The number of hydrogen-bond acceptors (Lipinski definition) is 4. The summed E-state index contributed by atoms with van der Waals surface area (Å²) in [5.41, 5.74) is 2.51. The van der Waals surface area contributed by atoms with Crippen molar-refractivity contribution in [3.8, 4) is 11.5 Å². The molecule has 0 saturated heterocycles. The second-order valence-electron chi connectivity index (χ2n) is 6.54. The molecule has 1 aromatic carbocycles. The summed E-state index contributed by atoms with van der Waals surface area (Å²) in [5, 5.41) is 3.07. The van der Waals surface area contributed by atoms with Crippen LogP contribution < -0.4 is 14.8 Å². The molecule has 1 N–H and O–H groups in total. The number of fused-ring (bicyclic) bond motifs is 1. The van der Waals surface area contributed by atoms with Gasteiger partial charge in [-0.25, -0.2) is 0 Å². The van der Waals surface area contributed by atoms with Gasteiger partial charge in [0, 0.05) is 19.6 Å². The highest BCUT2D eigenvalue weighted by Crippen LogP contribution is 2.33. The molecular formula is C18H26N2O3. The molecule has 5 heteroatoms. The van der Waals surface area contributed by atoms with E-state index in [0.717, 1.165) is 37.6 Å². The molecule has 1 aliphatic heterocycles. The molecule has 1 saturated carbocycles. The van der Waals surface area contributed by atoms with E-state index in [9.17, 15) is 4.79 Å². The second-order valence-corrected chi connectivity index (χ2v) is 6.54. The Hall–Kier alpha value is -1.75. The molecule has 1 amide bonds. The first kappa shape index (κ1) is 16.1. The summed E-state index contributed by atoms with van der Waals surface area (Å²) in [4.78, 5) is 14.3. The first-order valence-corrected chi connectivity index (χ1v) is 8.42. The summed E-state index contributed by atoms with van der Waals surface area (Å²) >= 11 is 0. The lowest BCUT2D eigenvalue weighted by molar-refractivity contribution is -0.122. The van der Waals surface area contributed by atoms with E-state index in [1.165, 1.54) is 30.4 Å². The van der Waals surface area contributed by atoms with Crippen LogP contribution in [-0.4, -0.2) is 44.7 Å². The van der Waals surface area contributed by atoms with E-state index in [0.29, 0.717) is 12.5 Å². The number of nitrogens with zero attached hydrogens (tertiary/aromatic N) is 1. The van der Waals surface area contributed by atoms with E-state index < -0.39 is 0 Å². The predicted molar refractivity (Wildman–Crippen MR) is 88.9 cm³/mol. The maximum absolute atomic E-state index is 12.1. The van der Waals surface area contributed by atoms with Crippen LogP contribution in [-0.2, 0) is 17.8 Å². The Morgan fingerprint density at radius 2 is 1.91 bits per heavy atom. The third-order valence-corrected chi connectivity index (χ3v) is 4.98. The monoisotopic (exact) mass is 318 g/mol. The van der Waals surface area contributed by atoms with Gasteiger partial charge < -0.3 is 14.8 Å². The van der Waals surface area contributed by atoms with Crippen LogP contribution in [0.15, 0.2) is 12.1 Å². The standard InChI is InChI=1S/C18H26N2O3/c1-22-16-8-14-6-7-20(11-15(14)9-17(16)23-2)12-18(21)19-10-13-4-3-5-13/h8-9,13H,3-7,10-12H2,1-2H3,(H,19,21). The molecule has 1 heterocycles. The van der Waals surface area contributed by atoms with Crippen molar-refractivity contribution in [3.63, 3.8) is 0 Å². The summed E-state index contributed by atoms with van der Waals surface area (Å²) in [5.74, 6) is 2.37. The van der Waals surface area contributed by atoms with Crippen molar-refractivity contribution in [1.82, 2.24) is 10.2 Å². The fraction of sp³-hybridized carbons (Fsp3) is 0.611. The maximum atomic E-state index is 12.1. The van der Waals surface area contributed by atoms with Crippen LogP contribution in [0.5, 0.6) is 11.5 Å². The van der Waals surface area contributed by atoms with Gasteiger partial charge in [-0.2, -0.15) is 0 Å². The Morgan fingerprint density at radius 1 is 1.22 bits per heavy atom. The number of amides is 1. The number of hydrogen-bond donors (Lipinski definition) is 1. The average molecular weight is 318 g/mol. The van der Waals surface area contributed by atoms with Gasteiger partial charge in [0.15, 0.2) is 11.5 Å². The molecule has 2 aliphatic rings. The summed E-state index contributed by atoms with van der Waals surface area (Å²) < 4.78 is 10.7. The molecule has 0 bridgehead atoms. The van der Waals surface area contributed by atoms with E-state index in [1.807, 2.05) is 6.07 Å². The molecule has 0 atom stereocenters. The molecule has 1 aliphatic carbocycles. The topological polar surface area (TPSA) is 50.8 Å². The van der Waals surface area contributed by atoms with E-state index >= 15 is 0 Å². The summed E-state index contributed by atoms with van der Waals surface area (Å²) in [7, 11) is 3.31. The smallest absolute Gasteiger partial charge is 0.234 e. The quantitative estimate of drug-likeness (QED) is 0.871. The number of rotatable bonds is 6. The number of carbonyl (C=O) groups is 1. The zero-order valence-electron chi connectivity index (χ0n) is 14.1. The number of benzene rings is 1. The van der Waals surface area contributed by atoms with Gasteiger partial charge in [-0.3, -0.25) is 9.69 Å².